The van der Waals surface area contributed by atoms with E-state index in [9.17, 15) is 0 Å². The second-order valence-electron chi connectivity index (χ2n) is 11.9. The fourth-order valence-electron chi connectivity index (χ4n) is 7.19. The van der Waals surface area contributed by atoms with Crippen molar-refractivity contribution in [1.82, 2.24) is 9.13 Å². The van der Waals surface area contributed by atoms with Gasteiger partial charge in [-0.05, 0) is 89.3 Å². The zero-order chi connectivity index (χ0) is 29.9. The van der Waals surface area contributed by atoms with Crippen molar-refractivity contribution in [3.05, 3.63) is 169 Å². The van der Waals surface area contributed by atoms with Crippen LogP contribution in [-0.2, 0) is 0 Å². The van der Waals surface area contributed by atoms with Crippen LogP contribution >= 0.6 is 0 Å². The molecule has 9 aromatic rings. The average molecular weight is 575 g/mol. The third-order valence-electron chi connectivity index (χ3n) is 9.22. The van der Waals surface area contributed by atoms with Crippen molar-refractivity contribution >= 4 is 43.6 Å². The van der Waals surface area contributed by atoms with Crippen LogP contribution in [0.3, 0.4) is 0 Å². The van der Waals surface area contributed by atoms with Crippen molar-refractivity contribution in [1.29, 1.82) is 0 Å². The van der Waals surface area contributed by atoms with Gasteiger partial charge in [-0.15, -0.1) is 0 Å². The molecule has 0 saturated carbocycles. The van der Waals surface area contributed by atoms with E-state index >= 15 is 0 Å². The highest BCUT2D eigenvalue weighted by molar-refractivity contribution is 6.13. The van der Waals surface area contributed by atoms with Gasteiger partial charge in [0.25, 0.3) is 0 Å². The monoisotopic (exact) mass is 574 g/mol. The first-order valence-electron chi connectivity index (χ1n) is 15.5. The van der Waals surface area contributed by atoms with Crippen molar-refractivity contribution in [2.24, 2.45) is 0 Å². The smallest absolute Gasteiger partial charge is 0.0549 e. The Morgan fingerprint density at radius 1 is 0.333 bits per heavy atom. The van der Waals surface area contributed by atoms with E-state index in [1.54, 1.807) is 0 Å². The fraction of sp³-hybridized carbons (Fsp3) is 0.0233. The first kappa shape index (κ1) is 25.6. The molecule has 0 aliphatic heterocycles. The van der Waals surface area contributed by atoms with E-state index in [0.717, 1.165) is 0 Å². The Labute approximate surface area is 262 Å². The summed E-state index contributed by atoms with van der Waals surface area (Å²) in [5.74, 6) is 0. The molecule has 45 heavy (non-hydrogen) atoms. The lowest BCUT2D eigenvalue weighted by atomic mass is 9.98. The molecular weight excluding hydrogens is 544 g/mol. The Morgan fingerprint density at radius 2 is 0.867 bits per heavy atom. The van der Waals surface area contributed by atoms with Crippen LogP contribution in [0.5, 0.6) is 0 Å². The lowest BCUT2D eigenvalue weighted by Gasteiger charge is -2.12. The van der Waals surface area contributed by atoms with Gasteiger partial charge in [-0.2, -0.15) is 0 Å². The molecule has 2 heterocycles. The van der Waals surface area contributed by atoms with E-state index in [2.05, 4.69) is 180 Å². The highest BCUT2D eigenvalue weighted by Crippen LogP contribution is 2.39. The summed E-state index contributed by atoms with van der Waals surface area (Å²) in [5, 5.41) is 5.12. The van der Waals surface area contributed by atoms with Crippen LogP contribution in [-0.4, -0.2) is 9.13 Å². The third-order valence-corrected chi connectivity index (χ3v) is 9.22. The molecule has 0 fully saturated rings. The summed E-state index contributed by atoms with van der Waals surface area (Å²) in [7, 11) is 0. The number of nitrogens with zero attached hydrogens (tertiary/aromatic N) is 2. The van der Waals surface area contributed by atoms with Gasteiger partial charge >= 0.3 is 0 Å². The molecule has 0 spiro atoms. The van der Waals surface area contributed by atoms with Crippen LogP contribution in [0, 0.1) is 6.92 Å². The Morgan fingerprint density at radius 3 is 1.62 bits per heavy atom. The molecule has 7 aromatic carbocycles. The molecule has 9 rings (SSSR count). The lowest BCUT2D eigenvalue weighted by Crippen LogP contribution is -1.95. The zero-order valence-electron chi connectivity index (χ0n) is 25.0. The number of rotatable bonds is 4. The number of aromatic nitrogens is 2. The van der Waals surface area contributed by atoms with Gasteiger partial charge in [-0.1, -0.05) is 109 Å². The number of aryl methyl sites for hydroxylation is 1. The lowest BCUT2D eigenvalue weighted by molar-refractivity contribution is 1.18. The second-order valence-corrected chi connectivity index (χ2v) is 11.9. The van der Waals surface area contributed by atoms with Gasteiger partial charge in [0, 0.05) is 32.9 Å². The van der Waals surface area contributed by atoms with Crippen molar-refractivity contribution < 1.29 is 0 Å². The van der Waals surface area contributed by atoms with Crippen LogP contribution in [0.4, 0.5) is 0 Å². The highest BCUT2D eigenvalue weighted by Gasteiger charge is 2.17. The summed E-state index contributed by atoms with van der Waals surface area (Å²) in [5.41, 5.74) is 13.4. The summed E-state index contributed by atoms with van der Waals surface area (Å²) in [6.45, 7) is 2.25. The van der Waals surface area contributed by atoms with E-state index in [4.69, 9.17) is 0 Å². The molecule has 0 radical (unpaired) electrons. The Hall–Kier alpha value is -5.86. The maximum absolute atomic E-state index is 2.43. The molecule has 212 valence electrons. The van der Waals surface area contributed by atoms with Crippen molar-refractivity contribution in [2.45, 2.75) is 6.92 Å². The summed E-state index contributed by atoms with van der Waals surface area (Å²) >= 11 is 0. The van der Waals surface area contributed by atoms with E-state index in [0.29, 0.717) is 0 Å². The standard InChI is InChI=1S/C43H30N2/c1-29-26-33(32-22-25-41-38(27-32)36-16-8-10-18-39(36)44(41)34-14-6-3-7-15-34)28-42-43(29)37-17-9-11-19-40(37)45(42)35-23-20-31(21-24-35)30-12-4-2-5-13-30/h2-28H,1H3. The summed E-state index contributed by atoms with van der Waals surface area (Å²) in [6, 6.07) is 59.4. The maximum Gasteiger partial charge on any atom is 0.0549 e. The molecule has 2 aromatic heterocycles. The van der Waals surface area contributed by atoms with E-state index < -0.39 is 0 Å². The van der Waals surface area contributed by atoms with E-state index in [1.165, 1.54) is 82.8 Å². The normalized spacial score (nSPS) is 11.7. The molecule has 0 unspecified atom stereocenters. The topological polar surface area (TPSA) is 9.86 Å². The number of hydrogen-bond acceptors (Lipinski definition) is 0. The van der Waals surface area contributed by atoms with Crippen LogP contribution in [0.2, 0.25) is 0 Å². The number of para-hydroxylation sites is 3. The molecule has 0 aliphatic carbocycles. The summed E-state index contributed by atoms with van der Waals surface area (Å²) in [4.78, 5) is 0. The van der Waals surface area contributed by atoms with Crippen molar-refractivity contribution in [3.63, 3.8) is 0 Å². The molecule has 0 amide bonds. The highest BCUT2D eigenvalue weighted by atomic mass is 15.0. The Bertz CT molecular complexity index is 2510. The van der Waals surface area contributed by atoms with Crippen LogP contribution in [0.1, 0.15) is 5.56 Å². The predicted molar refractivity (Wildman–Crippen MR) is 191 cm³/mol. The largest absolute Gasteiger partial charge is 0.309 e. The molecule has 0 N–H and O–H groups in total. The minimum atomic E-state index is 1.17. The van der Waals surface area contributed by atoms with Gasteiger partial charge in [-0.25, -0.2) is 0 Å². The first-order chi connectivity index (χ1) is 22.2. The summed E-state index contributed by atoms with van der Waals surface area (Å²) in [6.07, 6.45) is 0. The van der Waals surface area contributed by atoms with Crippen LogP contribution < -0.4 is 0 Å². The minimum absolute atomic E-state index is 1.17. The zero-order valence-corrected chi connectivity index (χ0v) is 25.0. The maximum atomic E-state index is 2.43. The first-order valence-corrected chi connectivity index (χ1v) is 15.5. The SMILES string of the molecule is Cc1cc(-c2ccc3c(c2)c2ccccc2n3-c2ccccc2)cc2c1c1ccccc1n2-c1ccc(-c2ccccc2)cc1. The number of benzene rings is 7. The predicted octanol–water partition coefficient (Wildman–Crippen LogP) is 11.5. The van der Waals surface area contributed by atoms with Gasteiger partial charge in [0.15, 0.2) is 0 Å². The Kier molecular flexibility index (Phi) is 5.76. The summed E-state index contributed by atoms with van der Waals surface area (Å²) < 4.78 is 4.80. The minimum Gasteiger partial charge on any atom is -0.309 e. The molecule has 2 heteroatoms. The fourth-order valence-corrected chi connectivity index (χ4v) is 7.19. The molecule has 2 nitrogen and oxygen atoms in total. The van der Waals surface area contributed by atoms with Crippen molar-refractivity contribution in [3.8, 4) is 33.6 Å². The van der Waals surface area contributed by atoms with E-state index in [1.807, 2.05) is 0 Å². The average Bonchev–Trinajstić information content (AvgIpc) is 3.62. The molecule has 0 bridgehead atoms. The quantitative estimate of drug-likeness (QED) is 0.198. The van der Waals surface area contributed by atoms with Gasteiger partial charge in [-0.3, -0.25) is 0 Å². The van der Waals surface area contributed by atoms with E-state index in [-0.39, 0.29) is 0 Å². The second kappa shape index (κ2) is 10.1. The van der Waals surface area contributed by atoms with Crippen LogP contribution in [0.25, 0.3) is 77.2 Å². The van der Waals surface area contributed by atoms with Crippen molar-refractivity contribution in [2.75, 3.05) is 0 Å². The Balaban J connectivity index is 1.25. The van der Waals surface area contributed by atoms with Gasteiger partial charge < -0.3 is 9.13 Å². The van der Waals surface area contributed by atoms with Crippen LogP contribution in [0.15, 0.2) is 164 Å². The van der Waals surface area contributed by atoms with Gasteiger partial charge in [0.1, 0.15) is 0 Å². The number of hydrogen-bond donors (Lipinski definition) is 0. The molecule has 0 atom stereocenters. The molecule has 0 saturated heterocycles. The number of fused-ring (bicyclic) bond motifs is 6. The van der Waals surface area contributed by atoms with Gasteiger partial charge in [0.05, 0.1) is 22.1 Å². The third kappa shape index (κ3) is 4.03. The molecule has 0 aliphatic rings. The molecular formula is C43H30N2. The van der Waals surface area contributed by atoms with Gasteiger partial charge in [0.2, 0.25) is 0 Å².